The zero-order valence-corrected chi connectivity index (χ0v) is 13.9. The van der Waals surface area contributed by atoms with Gasteiger partial charge in [-0.3, -0.25) is 0 Å². The quantitative estimate of drug-likeness (QED) is 0.705. The van der Waals surface area contributed by atoms with Crippen molar-refractivity contribution in [1.29, 1.82) is 0 Å². The minimum absolute atomic E-state index is 0.0471. The van der Waals surface area contributed by atoms with Crippen LogP contribution < -0.4 is 0 Å². The van der Waals surface area contributed by atoms with Crippen molar-refractivity contribution in [2.75, 3.05) is 0 Å². The van der Waals surface area contributed by atoms with Gasteiger partial charge in [0, 0.05) is 18.8 Å². The van der Waals surface area contributed by atoms with E-state index in [9.17, 15) is 15.3 Å². The van der Waals surface area contributed by atoms with Gasteiger partial charge in [-0.25, -0.2) is 0 Å². The van der Waals surface area contributed by atoms with Crippen LogP contribution in [0.4, 0.5) is 0 Å². The van der Waals surface area contributed by atoms with Crippen molar-refractivity contribution < 1.29 is 29.5 Å². The van der Waals surface area contributed by atoms with Crippen molar-refractivity contribution in [2.24, 2.45) is 5.92 Å². The summed E-state index contributed by atoms with van der Waals surface area (Å²) < 4.78 is 17.7. The van der Waals surface area contributed by atoms with Gasteiger partial charge in [0.15, 0.2) is 12.1 Å². The average molecular weight is 318 g/mol. The lowest BCUT2D eigenvalue weighted by atomic mass is 9.91. The molecule has 3 N–H and O–H groups in total. The maximum Gasteiger partial charge on any atom is 0.200 e. The molecule has 130 valence electrons. The Balaban J connectivity index is 2.10. The molecule has 0 aromatic carbocycles. The molecule has 2 heterocycles. The lowest BCUT2D eigenvalue weighted by molar-refractivity contribution is -0.349. The Bertz CT molecular complexity index is 365. The fraction of sp³-hybridized carbons (Fsp3) is 1.00. The summed E-state index contributed by atoms with van der Waals surface area (Å²) in [7, 11) is 0. The molecule has 0 bridgehead atoms. The highest BCUT2D eigenvalue weighted by molar-refractivity contribution is 4.96. The van der Waals surface area contributed by atoms with Gasteiger partial charge < -0.3 is 29.5 Å². The van der Waals surface area contributed by atoms with E-state index in [0.29, 0.717) is 19.3 Å². The summed E-state index contributed by atoms with van der Waals surface area (Å²) in [6, 6.07) is 0. The first-order valence-corrected chi connectivity index (χ1v) is 8.43. The third kappa shape index (κ3) is 3.18. The summed E-state index contributed by atoms with van der Waals surface area (Å²) in [4.78, 5) is 0. The van der Waals surface area contributed by atoms with Crippen LogP contribution in [-0.4, -0.2) is 57.9 Å². The van der Waals surface area contributed by atoms with E-state index in [2.05, 4.69) is 0 Å². The van der Waals surface area contributed by atoms with Crippen molar-refractivity contribution in [1.82, 2.24) is 0 Å². The molecule has 2 rings (SSSR count). The summed E-state index contributed by atoms with van der Waals surface area (Å²) in [6.07, 6.45) is -1.70. The average Bonchev–Trinajstić information content (AvgIpc) is 2.75. The van der Waals surface area contributed by atoms with Crippen molar-refractivity contribution >= 4 is 0 Å². The highest BCUT2D eigenvalue weighted by atomic mass is 16.8. The molecule has 6 nitrogen and oxygen atoms in total. The van der Waals surface area contributed by atoms with Gasteiger partial charge in [0.1, 0.15) is 12.2 Å². The van der Waals surface area contributed by atoms with E-state index in [1.165, 1.54) is 0 Å². The molecule has 5 unspecified atom stereocenters. The molecule has 0 aromatic heterocycles. The van der Waals surface area contributed by atoms with E-state index >= 15 is 0 Å². The Morgan fingerprint density at radius 3 is 2.23 bits per heavy atom. The van der Waals surface area contributed by atoms with Crippen LogP contribution in [0.15, 0.2) is 0 Å². The van der Waals surface area contributed by atoms with Gasteiger partial charge in [-0.2, -0.15) is 0 Å². The second kappa shape index (κ2) is 7.11. The fourth-order valence-electron chi connectivity index (χ4n) is 3.46. The molecule has 8 atom stereocenters. The van der Waals surface area contributed by atoms with Crippen molar-refractivity contribution in [3.63, 3.8) is 0 Å². The molecule has 0 amide bonds. The molecule has 22 heavy (non-hydrogen) atoms. The van der Waals surface area contributed by atoms with Crippen LogP contribution in [0.5, 0.6) is 0 Å². The Labute approximate surface area is 132 Å². The zero-order valence-electron chi connectivity index (χ0n) is 13.9. The van der Waals surface area contributed by atoms with E-state index in [1.807, 2.05) is 27.7 Å². The maximum absolute atomic E-state index is 10.4. The maximum atomic E-state index is 10.4. The van der Waals surface area contributed by atoms with Crippen LogP contribution in [0.2, 0.25) is 0 Å². The number of aliphatic hydroxyl groups excluding tert-OH is 3. The van der Waals surface area contributed by atoms with Gasteiger partial charge in [-0.1, -0.05) is 27.7 Å². The summed E-state index contributed by atoms with van der Waals surface area (Å²) in [5.41, 5.74) is 0. The molecule has 0 saturated carbocycles. The molecule has 2 aliphatic heterocycles. The molecule has 2 saturated heterocycles. The van der Waals surface area contributed by atoms with Crippen LogP contribution in [0.1, 0.15) is 53.4 Å². The van der Waals surface area contributed by atoms with Gasteiger partial charge in [0.2, 0.25) is 0 Å². The van der Waals surface area contributed by atoms with Gasteiger partial charge in [0.25, 0.3) is 0 Å². The second-order valence-electron chi connectivity index (χ2n) is 6.46. The van der Waals surface area contributed by atoms with Crippen LogP contribution in [-0.2, 0) is 14.2 Å². The van der Waals surface area contributed by atoms with E-state index in [-0.39, 0.29) is 12.0 Å². The summed E-state index contributed by atoms with van der Waals surface area (Å²) >= 11 is 0. The number of hydrogen-bond acceptors (Lipinski definition) is 6. The Kier molecular flexibility index (Phi) is 5.85. The van der Waals surface area contributed by atoms with E-state index in [4.69, 9.17) is 14.2 Å². The Morgan fingerprint density at radius 2 is 1.73 bits per heavy atom. The van der Waals surface area contributed by atoms with Crippen molar-refractivity contribution in [3.8, 4) is 0 Å². The van der Waals surface area contributed by atoms with E-state index in [0.717, 1.165) is 6.42 Å². The van der Waals surface area contributed by atoms with Crippen LogP contribution in [0, 0.1) is 5.92 Å². The Morgan fingerprint density at radius 1 is 1.09 bits per heavy atom. The first kappa shape index (κ1) is 18.1. The van der Waals surface area contributed by atoms with Crippen molar-refractivity contribution in [2.45, 2.75) is 96.0 Å². The topological polar surface area (TPSA) is 88.4 Å². The third-order valence-corrected chi connectivity index (χ3v) is 5.09. The number of ether oxygens (including phenoxy) is 3. The van der Waals surface area contributed by atoms with Gasteiger partial charge in [0.05, 0.1) is 18.3 Å². The summed E-state index contributed by atoms with van der Waals surface area (Å²) in [6.45, 7) is 7.70. The smallest absolute Gasteiger partial charge is 0.200 e. The monoisotopic (exact) mass is 318 g/mol. The van der Waals surface area contributed by atoms with E-state index in [1.54, 1.807) is 0 Å². The molecule has 0 aliphatic carbocycles. The lowest BCUT2D eigenvalue weighted by Gasteiger charge is -2.42. The van der Waals surface area contributed by atoms with Crippen LogP contribution in [0.3, 0.4) is 0 Å². The molecule has 2 fully saturated rings. The highest BCUT2D eigenvalue weighted by Gasteiger charge is 2.55. The molecule has 0 aromatic rings. The molecule has 0 radical (unpaired) electrons. The number of hydrogen-bond donors (Lipinski definition) is 3. The second-order valence-corrected chi connectivity index (χ2v) is 6.46. The lowest BCUT2D eigenvalue weighted by Crippen LogP contribution is -2.52. The minimum Gasteiger partial charge on any atom is -0.393 e. The largest absolute Gasteiger partial charge is 0.393 e. The summed E-state index contributed by atoms with van der Waals surface area (Å²) in [5.74, 6) is -1.23. The fourth-order valence-corrected chi connectivity index (χ4v) is 3.46. The predicted molar refractivity (Wildman–Crippen MR) is 80.0 cm³/mol. The first-order chi connectivity index (χ1) is 10.4. The van der Waals surface area contributed by atoms with E-state index < -0.39 is 36.5 Å². The Hall–Kier alpha value is -0.240. The third-order valence-electron chi connectivity index (χ3n) is 5.09. The summed E-state index contributed by atoms with van der Waals surface area (Å²) in [5, 5.41) is 30.6. The van der Waals surface area contributed by atoms with Gasteiger partial charge in [-0.05, 0) is 12.8 Å². The minimum atomic E-state index is -1.27. The van der Waals surface area contributed by atoms with Gasteiger partial charge in [-0.15, -0.1) is 0 Å². The zero-order chi connectivity index (χ0) is 16.5. The SMILES string of the molecule is CCC1O[C@H](O[C@]2(CC)OC(CC)[C@@H](O)C2O)CC(O)C1C. The molecular formula is C16H30O6. The molecule has 6 heteroatoms. The van der Waals surface area contributed by atoms with Crippen molar-refractivity contribution in [3.05, 3.63) is 0 Å². The number of rotatable bonds is 5. The van der Waals surface area contributed by atoms with Gasteiger partial charge >= 0.3 is 0 Å². The highest BCUT2D eigenvalue weighted by Crippen LogP contribution is 2.39. The number of aliphatic hydroxyl groups is 3. The molecular weight excluding hydrogens is 288 g/mol. The molecule has 2 aliphatic rings. The van der Waals surface area contributed by atoms with Crippen LogP contribution >= 0.6 is 0 Å². The first-order valence-electron chi connectivity index (χ1n) is 8.43. The normalized spacial score (nSPS) is 49.5. The predicted octanol–water partition coefficient (Wildman–Crippen LogP) is 1.16. The molecule has 0 spiro atoms. The standard InChI is InChI=1S/C16H30O6/c1-5-11-9(4)10(17)8-13(20-11)22-16(7-3)15(19)14(18)12(6-2)21-16/h9-15,17-19H,5-8H2,1-4H3/t9?,10?,11?,12?,13-,14-,15?,16+/m1/s1. The van der Waals surface area contributed by atoms with Crippen LogP contribution in [0.25, 0.3) is 0 Å².